The Labute approximate surface area is 224 Å². The maximum absolute atomic E-state index is 13.3. The minimum atomic E-state index is -1.09. The third-order valence-electron chi connectivity index (χ3n) is 6.16. The molecule has 1 saturated carbocycles. The summed E-state index contributed by atoms with van der Waals surface area (Å²) in [5.74, 6) is -1.35. The third-order valence-corrected chi connectivity index (χ3v) is 6.71. The van der Waals surface area contributed by atoms with E-state index < -0.39 is 11.9 Å². The van der Waals surface area contributed by atoms with Crippen LogP contribution in [0.3, 0.4) is 0 Å². The van der Waals surface area contributed by atoms with Gasteiger partial charge in [-0.25, -0.2) is 4.79 Å². The molecule has 37 heavy (non-hydrogen) atoms. The van der Waals surface area contributed by atoms with Crippen LogP contribution in [0.2, 0.25) is 10.0 Å². The Hall–Kier alpha value is -3.75. The third kappa shape index (κ3) is 6.53. The smallest absolute Gasteiger partial charge is 0.335 e. The molecule has 3 aromatic rings. The number of nitrogens with one attached hydrogen (secondary N) is 1. The molecule has 2 N–H and O–H groups in total. The summed E-state index contributed by atoms with van der Waals surface area (Å²) in [6.45, 7) is 6.11. The monoisotopic (exact) mass is 537 g/mol. The molecule has 0 radical (unpaired) electrons. The topological polar surface area (TPSA) is 110 Å². The van der Waals surface area contributed by atoms with Crippen LogP contribution in [0, 0.1) is 11.8 Å². The van der Waals surface area contributed by atoms with E-state index in [4.69, 9.17) is 28.3 Å². The summed E-state index contributed by atoms with van der Waals surface area (Å²) in [6.07, 6.45) is 9.98. The molecular weight excluding hydrogens is 513 g/mol. The molecule has 1 aromatic heterocycles. The lowest BCUT2D eigenvalue weighted by atomic mass is 9.91. The minimum Gasteiger partial charge on any atom is -0.478 e. The van der Waals surface area contributed by atoms with Gasteiger partial charge in [0.1, 0.15) is 6.33 Å². The zero-order valence-electron chi connectivity index (χ0n) is 20.1. The molecule has 1 aliphatic carbocycles. The highest BCUT2D eigenvalue weighted by molar-refractivity contribution is 6.34. The van der Waals surface area contributed by atoms with Crippen LogP contribution >= 0.6 is 23.2 Å². The van der Waals surface area contributed by atoms with Crippen molar-refractivity contribution in [1.82, 2.24) is 20.2 Å². The van der Waals surface area contributed by atoms with Gasteiger partial charge in [0.25, 0.3) is 0 Å². The number of aromatic nitrogens is 4. The number of amides is 1. The molecule has 1 amide bonds. The van der Waals surface area contributed by atoms with Gasteiger partial charge in [0.15, 0.2) is 0 Å². The number of rotatable bonds is 10. The Balaban J connectivity index is 1.56. The molecule has 8 nitrogen and oxygen atoms in total. The largest absolute Gasteiger partial charge is 0.478 e. The highest BCUT2D eigenvalue weighted by Gasteiger charge is 2.30. The molecule has 10 heteroatoms. The van der Waals surface area contributed by atoms with Crippen molar-refractivity contribution in [2.45, 2.75) is 26.2 Å². The van der Waals surface area contributed by atoms with Crippen molar-refractivity contribution in [1.29, 1.82) is 0 Å². The van der Waals surface area contributed by atoms with Crippen molar-refractivity contribution in [3.05, 3.63) is 94.3 Å². The quantitative estimate of drug-likeness (QED) is 0.296. The zero-order valence-corrected chi connectivity index (χ0v) is 21.6. The predicted molar refractivity (Wildman–Crippen MR) is 144 cm³/mol. The predicted octanol–water partition coefficient (Wildman–Crippen LogP) is 6.24. The molecule has 0 aliphatic heterocycles. The number of carboxylic acids is 1. The van der Waals surface area contributed by atoms with Gasteiger partial charge in [-0.3, -0.25) is 4.79 Å². The van der Waals surface area contributed by atoms with E-state index in [0.29, 0.717) is 28.6 Å². The van der Waals surface area contributed by atoms with Crippen LogP contribution in [0.1, 0.15) is 42.1 Å². The van der Waals surface area contributed by atoms with Crippen molar-refractivity contribution in [2.24, 2.45) is 11.8 Å². The van der Waals surface area contributed by atoms with Crippen molar-refractivity contribution in [3.63, 3.8) is 0 Å². The Morgan fingerprint density at radius 3 is 2.62 bits per heavy atom. The van der Waals surface area contributed by atoms with Gasteiger partial charge >= 0.3 is 5.97 Å². The number of carbonyl (C=O) groups excluding carboxylic acids is 1. The number of hydrogen-bond acceptors (Lipinski definition) is 5. The van der Waals surface area contributed by atoms with Crippen molar-refractivity contribution >= 4 is 46.3 Å². The number of allylic oxidation sites excluding steroid dienone is 4. The number of tetrazole rings is 1. The van der Waals surface area contributed by atoms with Crippen molar-refractivity contribution in [3.8, 4) is 5.69 Å². The Morgan fingerprint density at radius 2 is 2.00 bits per heavy atom. The standard InChI is InChI=1S/C27H25Cl2N5O3/c1-3-18(22-14-20(28)9-11-25(22)34-15-30-32-33-34)7-4-16(2)21(12-17-5-6-17)26(35)31-24-10-8-19(27(36)37)13-23(24)29/h3-4,7-11,13-15,17,21H,2,5-6,12H2,1H3,(H,31,35)(H,36,37)/b7-4-,18-3+. The Kier molecular flexibility index (Phi) is 8.21. The molecule has 1 aliphatic rings. The maximum Gasteiger partial charge on any atom is 0.335 e. The lowest BCUT2D eigenvalue weighted by molar-refractivity contribution is -0.119. The molecule has 0 spiro atoms. The summed E-state index contributed by atoms with van der Waals surface area (Å²) in [7, 11) is 0. The second-order valence-electron chi connectivity index (χ2n) is 8.79. The van der Waals surface area contributed by atoms with Crippen molar-refractivity contribution in [2.75, 3.05) is 5.32 Å². The van der Waals surface area contributed by atoms with Crippen LogP contribution in [0.25, 0.3) is 11.3 Å². The van der Waals surface area contributed by atoms with E-state index in [9.17, 15) is 9.59 Å². The number of carboxylic acid groups (broad SMARTS) is 1. The highest BCUT2D eigenvalue weighted by Crippen LogP contribution is 2.38. The lowest BCUT2D eigenvalue weighted by Gasteiger charge is -2.18. The van der Waals surface area contributed by atoms with Crippen LogP contribution < -0.4 is 5.32 Å². The molecule has 4 rings (SSSR count). The van der Waals surface area contributed by atoms with Gasteiger partial charge in [0.2, 0.25) is 5.91 Å². The van der Waals surface area contributed by atoms with E-state index >= 15 is 0 Å². The summed E-state index contributed by atoms with van der Waals surface area (Å²) in [5.41, 5.74) is 3.48. The molecule has 0 saturated heterocycles. The fourth-order valence-electron chi connectivity index (χ4n) is 3.95. The summed E-state index contributed by atoms with van der Waals surface area (Å²) >= 11 is 12.5. The molecule has 1 atom stereocenters. The molecule has 2 aromatic carbocycles. The van der Waals surface area contributed by atoms with Gasteiger partial charge in [-0.05, 0) is 77.2 Å². The first-order valence-electron chi connectivity index (χ1n) is 11.7. The molecule has 1 heterocycles. The molecular formula is C27H25Cl2N5O3. The summed E-state index contributed by atoms with van der Waals surface area (Å²) < 4.78 is 1.56. The zero-order chi connectivity index (χ0) is 26.5. The first-order valence-corrected chi connectivity index (χ1v) is 12.4. The van der Waals surface area contributed by atoms with E-state index in [1.165, 1.54) is 24.5 Å². The summed E-state index contributed by atoms with van der Waals surface area (Å²) in [6, 6.07) is 9.65. The highest BCUT2D eigenvalue weighted by atomic mass is 35.5. The average molecular weight is 538 g/mol. The van der Waals surface area contributed by atoms with Gasteiger partial charge in [0.05, 0.1) is 27.9 Å². The van der Waals surface area contributed by atoms with Gasteiger partial charge in [-0.1, -0.05) is 60.9 Å². The second-order valence-corrected chi connectivity index (χ2v) is 9.63. The van der Waals surface area contributed by atoms with Gasteiger partial charge in [-0.15, -0.1) is 5.10 Å². The van der Waals surface area contributed by atoms with Crippen LogP contribution in [-0.4, -0.2) is 37.2 Å². The van der Waals surface area contributed by atoms with Crippen LogP contribution in [0.15, 0.2) is 73.1 Å². The van der Waals surface area contributed by atoms with Crippen molar-refractivity contribution < 1.29 is 14.7 Å². The van der Waals surface area contributed by atoms with Crippen LogP contribution in [-0.2, 0) is 4.79 Å². The Morgan fingerprint density at radius 1 is 1.22 bits per heavy atom. The fourth-order valence-corrected chi connectivity index (χ4v) is 4.35. The number of carbonyl (C=O) groups is 2. The SMILES string of the molecule is C=C(/C=C\C(=C/C)c1cc(Cl)ccc1-n1cnnn1)C(CC1CC1)C(=O)Nc1ccc(C(=O)O)cc1Cl. The van der Waals surface area contributed by atoms with Gasteiger partial charge in [0, 0.05) is 10.6 Å². The second kappa shape index (κ2) is 11.5. The number of aromatic carboxylic acids is 1. The average Bonchev–Trinajstić information content (AvgIpc) is 3.54. The van der Waals surface area contributed by atoms with Gasteiger partial charge < -0.3 is 10.4 Å². The number of nitrogens with zero attached hydrogens (tertiary/aromatic N) is 4. The summed E-state index contributed by atoms with van der Waals surface area (Å²) in [5, 5.41) is 24.1. The number of hydrogen-bond donors (Lipinski definition) is 2. The Bertz CT molecular complexity index is 1400. The van der Waals surface area contributed by atoms with Gasteiger partial charge in [-0.2, -0.15) is 4.68 Å². The first-order chi connectivity index (χ1) is 17.8. The van der Waals surface area contributed by atoms with E-state index in [-0.39, 0.29) is 16.5 Å². The molecule has 1 unspecified atom stereocenters. The summed E-state index contributed by atoms with van der Waals surface area (Å²) in [4.78, 5) is 24.5. The van der Waals surface area contributed by atoms with Crippen LogP contribution in [0.4, 0.5) is 5.69 Å². The maximum atomic E-state index is 13.3. The fraction of sp³-hybridized carbons (Fsp3) is 0.222. The molecule has 190 valence electrons. The number of halogens is 2. The number of anilines is 1. The lowest BCUT2D eigenvalue weighted by Crippen LogP contribution is -2.24. The van der Waals surface area contributed by atoms with Crippen LogP contribution in [0.5, 0.6) is 0 Å². The first kappa shape index (κ1) is 26.3. The minimum absolute atomic E-state index is 0.0470. The van der Waals surface area contributed by atoms with E-state index in [0.717, 1.165) is 29.7 Å². The molecule has 0 bridgehead atoms. The van der Waals surface area contributed by atoms with E-state index in [1.807, 2.05) is 37.3 Å². The van der Waals surface area contributed by atoms with E-state index in [1.54, 1.807) is 10.7 Å². The normalized spacial score (nSPS) is 14.5. The van der Waals surface area contributed by atoms with E-state index in [2.05, 4.69) is 27.4 Å². The molecule has 1 fully saturated rings. The number of benzene rings is 2.